The van der Waals surface area contributed by atoms with Gasteiger partial charge in [-0.2, -0.15) is 0 Å². The highest BCUT2D eigenvalue weighted by atomic mass is 79.9. The molecule has 2 aromatic heterocycles. The zero-order chi connectivity index (χ0) is 15.9. The average molecular weight is 366 g/mol. The fraction of sp³-hybridized carbons (Fsp3) is 0.133. The second-order valence-corrected chi connectivity index (χ2v) is 5.49. The van der Waals surface area contributed by atoms with E-state index in [9.17, 15) is 13.6 Å². The van der Waals surface area contributed by atoms with Gasteiger partial charge in [-0.1, -0.05) is 6.92 Å². The summed E-state index contributed by atoms with van der Waals surface area (Å²) in [5.41, 5.74) is -0.218. The quantitative estimate of drug-likeness (QED) is 0.699. The summed E-state index contributed by atoms with van der Waals surface area (Å²) in [7, 11) is 0. The van der Waals surface area contributed by atoms with Crippen LogP contribution >= 0.6 is 15.9 Å². The lowest BCUT2D eigenvalue weighted by molar-refractivity contribution is 0.618. The highest BCUT2D eigenvalue weighted by Crippen LogP contribution is 2.23. The molecule has 2 heterocycles. The van der Waals surface area contributed by atoms with Crippen molar-refractivity contribution in [3.8, 4) is 5.69 Å². The summed E-state index contributed by atoms with van der Waals surface area (Å²) in [6.45, 7) is 1.78. The molecule has 112 valence electrons. The smallest absolute Gasteiger partial charge is 0.267 e. The van der Waals surface area contributed by atoms with E-state index in [0.717, 1.165) is 6.20 Å². The maximum atomic E-state index is 14.0. The highest BCUT2D eigenvalue weighted by molar-refractivity contribution is 9.10. The molecule has 0 amide bonds. The Morgan fingerprint density at radius 1 is 1.27 bits per heavy atom. The van der Waals surface area contributed by atoms with Crippen molar-refractivity contribution in [3.05, 3.63) is 62.9 Å². The molecular formula is C15H10BrF2N3O. The summed E-state index contributed by atoms with van der Waals surface area (Å²) < 4.78 is 29.1. The van der Waals surface area contributed by atoms with Crippen LogP contribution in [-0.2, 0) is 6.42 Å². The average Bonchev–Trinajstić information content (AvgIpc) is 2.50. The van der Waals surface area contributed by atoms with Gasteiger partial charge in [0.25, 0.3) is 5.56 Å². The van der Waals surface area contributed by atoms with Crippen LogP contribution in [0, 0.1) is 11.6 Å². The van der Waals surface area contributed by atoms with Gasteiger partial charge < -0.3 is 0 Å². The molecular weight excluding hydrogens is 356 g/mol. The van der Waals surface area contributed by atoms with E-state index in [0.29, 0.717) is 16.7 Å². The van der Waals surface area contributed by atoms with Gasteiger partial charge >= 0.3 is 0 Å². The summed E-state index contributed by atoms with van der Waals surface area (Å²) in [5, 5.41) is 0.112. The van der Waals surface area contributed by atoms with E-state index in [1.165, 1.54) is 29.0 Å². The highest BCUT2D eigenvalue weighted by Gasteiger charge is 2.17. The van der Waals surface area contributed by atoms with Crippen LogP contribution in [0.4, 0.5) is 8.78 Å². The Morgan fingerprint density at radius 3 is 2.73 bits per heavy atom. The predicted octanol–water partition coefficient (Wildman–Crippen LogP) is 3.38. The van der Waals surface area contributed by atoms with E-state index >= 15 is 0 Å². The van der Waals surface area contributed by atoms with Gasteiger partial charge in [0, 0.05) is 17.0 Å². The lowest BCUT2D eigenvalue weighted by Crippen LogP contribution is -2.24. The predicted molar refractivity (Wildman–Crippen MR) is 82.1 cm³/mol. The largest absolute Gasteiger partial charge is 0.268 e. The van der Waals surface area contributed by atoms with E-state index in [2.05, 4.69) is 25.9 Å². The molecule has 0 radical (unpaired) electrons. The van der Waals surface area contributed by atoms with Crippen LogP contribution in [0.15, 0.2) is 39.9 Å². The maximum Gasteiger partial charge on any atom is 0.267 e. The molecule has 0 saturated carbocycles. The summed E-state index contributed by atoms with van der Waals surface area (Å²) >= 11 is 3.24. The molecule has 1 aromatic carbocycles. The number of benzene rings is 1. The molecule has 0 aliphatic rings. The zero-order valence-corrected chi connectivity index (χ0v) is 13.1. The van der Waals surface area contributed by atoms with Crippen molar-refractivity contribution in [1.82, 2.24) is 14.5 Å². The monoisotopic (exact) mass is 365 g/mol. The van der Waals surface area contributed by atoms with E-state index < -0.39 is 17.2 Å². The van der Waals surface area contributed by atoms with Gasteiger partial charge in [0.1, 0.15) is 23.0 Å². The van der Waals surface area contributed by atoms with Crippen molar-refractivity contribution in [2.75, 3.05) is 0 Å². The van der Waals surface area contributed by atoms with Gasteiger partial charge in [0.15, 0.2) is 0 Å². The van der Waals surface area contributed by atoms with Crippen LogP contribution in [-0.4, -0.2) is 14.5 Å². The van der Waals surface area contributed by atoms with E-state index in [4.69, 9.17) is 0 Å². The first kappa shape index (κ1) is 14.8. The molecule has 3 rings (SSSR count). The van der Waals surface area contributed by atoms with Crippen LogP contribution < -0.4 is 5.56 Å². The Kier molecular flexibility index (Phi) is 3.74. The molecule has 0 bridgehead atoms. The Bertz CT molecular complexity index is 940. The summed E-state index contributed by atoms with van der Waals surface area (Å²) in [5.74, 6) is -0.804. The normalized spacial score (nSPS) is 11.1. The minimum Gasteiger partial charge on any atom is -0.268 e. The lowest BCUT2D eigenvalue weighted by Gasteiger charge is -2.13. The fourth-order valence-corrected chi connectivity index (χ4v) is 2.78. The lowest BCUT2D eigenvalue weighted by atomic mass is 10.2. The SMILES string of the molecule is CCc1nc2c(F)ccc(Br)c2c(=O)n1-c1cncc(F)c1. The van der Waals surface area contributed by atoms with Crippen molar-refractivity contribution in [1.29, 1.82) is 0 Å². The molecule has 0 unspecified atom stereocenters. The molecule has 0 aliphatic carbocycles. The molecule has 0 N–H and O–H groups in total. The van der Waals surface area contributed by atoms with E-state index in [1.807, 2.05) is 0 Å². The summed E-state index contributed by atoms with van der Waals surface area (Å²) in [6.07, 6.45) is 2.79. The van der Waals surface area contributed by atoms with Gasteiger partial charge in [0.2, 0.25) is 0 Å². The molecule has 0 atom stereocenters. The van der Waals surface area contributed by atoms with Crippen LogP contribution in [0.25, 0.3) is 16.6 Å². The van der Waals surface area contributed by atoms with E-state index in [1.54, 1.807) is 6.92 Å². The third-order valence-electron chi connectivity index (χ3n) is 3.26. The maximum absolute atomic E-state index is 14.0. The standard InChI is InChI=1S/C15H10BrF2N3O/c1-2-12-20-14-11(18)4-3-10(16)13(14)15(22)21(12)9-5-8(17)6-19-7-9/h3-7H,2H2,1H3. The van der Waals surface area contributed by atoms with Gasteiger partial charge in [-0.3, -0.25) is 14.3 Å². The van der Waals surface area contributed by atoms with Gasteiger partial charge in [-0.15, -0.1) is 0 Å². The summed E-state index contributed by atoms with van der Waals surface area (Å²) in [4.78, 5) is 20.7. The topological polar surface area (TPSA) is 47.8 Å². The van der Waals surface area contributed by atoms with Crippen LogP contribution in [0.1, 0.15) is 12.7 Å². The second kappa shape index (κ2) is 5.57. The Balaban J connectivity index is 2.47. The van der Waals surface area contributed by atoms with Crippen LogP contribution in [0.2, 0.25) is 0 Å². The molecule has 3 aromatic rings. The Labute approximate surface area is 132 Å². The first-order chi connectivity index (χ1) is 10.5. The number of aromatic nitrogens is 3. The zero-order valence-electron chi connectivity index (χ0n) is 11.5. The minimum absolute atomic E-state index is 0.00293. The first-order valence-corrected chi connectivity index (χ1v) is 7.32. The third kappa shape index (κ3) is 2.31. The number of fused-ring (bicyclic) bond motifs is 1. The number of hydrogen-bond acceptors (Lipinski definition) is 3. The molecule has 0 fully saturated rings. The number of hydrogen-bond donors (Lipinski definition) is 0. The number of rotatable bonds is 2. The molecule has 0 aliphatic heterocycles. The van der Waals surface area contributed by atoms with Crippen molar-refractivity contribution in [2.45, 2.75) is 13.3 Å². The fourth-order valence-electron chi connectivity index (χ4n) is 2.29. The Hall–Kier alpha value is -2.15. The third-order valence-corrected chi connectivity index (χ3v) is 3.92. The molecule has 22 heavy (non-hydrogen) atoms. The van der Waals surface area contributed by atoms with Crippen molar-refractivity contribution >= 4 is 26.8 Å². The molecule has 0 saturated heterocycles. The van der Waals surface area contributed by atoms with Crippen molar-refractivity contribution < 1.29 is 8.78 Å². The molecule has 0 spiro atoms. The molecule has 7 heteroatoms. The van der Waals surface area contributed by atoms with Gasteiger partial charge in [0.05, 0.1) is 23.5 Å². The number of aryl methyl sites for hydroxylation is 1. The number of halogens is 3. The van der Waals surface area contributed by atoms with Crippen molar-refractivity contribution in [3.63, 3.8) is 0 Å². The summed E-state index contributed by atoms with van der Waals surface area (Å²) in [6, 6.07) is 3.88. The Morgan fingerprint density at radius 2 is 2.05 bits per heavy atom. The number of pyridine rings is 1. The number of nitrogens with zero attached hydrogens (tertiary/aromatic N) is 3. The van der Waals surface area contributed by atoms with E-state index in [-0.39, 0.29) is 16.6 Å². The minimum atomic E-state index is -0.575. The van der Waals surface area contributed by atoms with Gasteiger partial charge in [-0.05, 0) is 28.1 Å². The van der Waals surface area contributed by atoms with Crippen LogP contribution in [0.3, 0.4) is 0 Å². The van der Waals surface area contributed by atoms with Crippen molar-refractivity contribution in [2.24, 2.45) is 0 Å². The molecule has 4 nitrogen and oxygen atoms in total. The second-order valence-electron chi connectivity index (χ2n) is 4.64. The van der Waals surface area contributed by atoms with Crippen LogP contribution in [0.5, 0.6) is 0 Å². The first-order valence-electron chi connectivity index (χ1n) is 6.53. The van der Waals surface area contributed by atoms with Gasteiger partial charge in [-0.25, -0.2) is 13.8 Å².